The van der Waals surface area contributed by atoms with E-state index in [0.29, 0.717) is 0 Å². The van der Waals surface area contributed by atoms with E-state index in [1.54, 1.807) is 0 Å². The van der Waals surface area contributed by atoms with Crippen molar-refractivity contribution in [3.05, 3.63) is 0 Å². The zero-order chi connectivity index (χ0) is 20.5. The van der Waals surface area contributed by atoms with Crippen molar-refractivity contribution in [2.45, 2.75) is 36.9 Å². The maximum atomic E-state index is 13.6. The summed E-state index contributed by atoms with van der Waals surface area (Å²) in [6.07, 6.45) is -7.05. The summed E-state index contributed by atoms with van der Waals surface area (Å²) >= 11 is 0. The molecular formula is C9H14F8NO5PS. The van der Waals surface area contributed by atoms with Crippen molar-refractivity contribution >= 4 is 17.6 Å². The van der Waals surface area contributed by atoms with Gasteiger partial charge in [-0.15, -0.1) is 0 Å². The molecule has 25 heavy (non-hydrogen) atoms. The number of rotatable bonds is 10. The highest BCUT2D eigenvalue weighted by Gasteiger charge is 2.80. The Kier molecular flexibility index (Phi) is 7.47. The van der Waals surface area contributed by atoms with Crippen LogP contribution in [-0.2, 0) is 14.6 Å². The predicted octanol–water partition coefficient (Wildman–Crippen LogP) is 2.33. The standard InChI is InChI=1S/C9H14F8NO5PS/c1-2-18(4-3-5-24(19,20)21)25(22,23)9(16,17)8(14,15)7(12,13)6(10)11/h6H,2-5H2,1H3,(H2,19,20,21). The SMILES string of the molecule is CCN(CCCP(=O)(O)O)S(=O)(=O)C(F)(F)C(F)(F)C(F)(F)C(F)F. The lowest BCUT2D eigenvalue weighted by Crippen LogP contribution is -2.63. The molecule has 152 valence electrons. The molecule has 0 aromatic rings. The summed E-state index contributed by atoms with van der Waals surface area (Å²) < 4.78 is 136. The molecule has 0 aliphatic carbocycles. The minimum absolute atomic E-state index is 0.446. The van der Waals surface area contributed by atoms with E-state index in [0.717, 1.165) is 6.92 Å². The van der Waals surface area contributed by atoms with Gasteiger partial charge in [0.15, 0.2) is 0 Å². The number of sulfonamides is 1. The second-order valence-corrected chi connectivity index (χ2v) is 8.51. The Morgan fingerprint density at radius 3 is 1.84 bits per heavy atom. The van der Waals surface area contributed by atoms with Crippen molar-refractivity contribution in [3.8, 4) is 0 Å². The lowest BCUT2D eigenvalue weighted by Gasteiger charge is -2.34. The molecule has 0 aliphatic heterocycles. The van der Waals surface area contributed by atoms with Gasteiger partial charge in [0.05, 0.1) is 6.16 Å². The first kappa shape index (κ1) is 24.5. The van der Waals surface area contributed by atoms with Crippen molar-refractivity contribution in [2.24, 2.45) is 0 Å². The predicted molar refractivity (Wildman–Crippen MR) is 68.5 cm³/mol. The molecule has 0 amide bonds. The zero-order valence-corrected chi connectivity index (χ0v) is 14.1. The zero-order valence-electron chi connectivity index (χ0n) is 12.4. The van der Waals surface area contributed by atoms with Crippen LogP contribution in [0.1, 0.15) is 13.3 Å². The number of halogens is 8. The molecule has 0 heterocycles. The Hall–Kier alpha value is -0.500. The van der Waals surface area contributed by atoms with Gasteiger partial charge in [0.1, 0.15) is 0 Å². The van der Waals surface area contributed by atoms with Gasteiger partial charge in [0, 0.05) is 13.1 Å². The van der Waals surface area contributed by atoms with Crippen LogP contribution in [-0.4, -0.2) is 65.3 Å². The Bertz CT molecular complexity index is 607. The van der Waals surface area contributed by atoms with Crippen LogP contribution in [0, 0.1) is 0 Å². The van der Waals surface area contributed by atoms with Gasteiger partial charge in [0.2, 0.25) is 0 Å². The van der Waals surface area contributed by atoms with Crippen molar-refractivity contribution in [3.63, 3.8) is 0 Å². The Balaban J connectivity index is 5.74. The average Bonchev–Trinajstić information content (AvgIpc) is 2.41. The number of hydrogen-bond acceptors (Lipinski definition) is 3. The Morgan fingerprint density at radius 2 is 1.52 bits per heavy atom. The molecule has 0 fully saturated rings. The fourth-order valence-corrected chi connectivity index (χ4v) is 3.60. The first-order valence-corrected chi connectivity index (χ1v) is 9.56. The van der Waals surface area contributed by atoms with E-state index >= 15 is 0 Å². The van der Waals surface area contributed by atoms with Gasteiger partial charge < -0.3 is 9.79 Å². The lowest BCUT2D eigenvalue weighted by molar-refractivity contribution is -0.315. The maximum absolute atomic E-state index is 13.6. The smallest absolute Gasteiger partial charge is 0.324 e. The molecular weight excluding hydrogens is 417 g/mol. The van der Waals surface area contributed by atoms with Gasteiger partial charge in [-0.1, -0.05) is 6.92 Å². The fraction of sp³-hybridized carbons (Fsp3) is 1.00. The van der Waals surface area contributed by atoms with Crippen LogP contribution in [0.4, 0.5) is 35.1 Å². The summed E-state index contributed by atoms with van der Waals surface area (Å²) in [5.74, 6) is -13.6. The van der Waals surface area contributed by atoms with Gasteiger partial charge in [-0.25, -0.2) is 17.2 Å². The number of nitrogens with zero attached hydrogens (tertiary/aromatic N) is 1. The molecule has 0 saturated heterocycles. The highest BCUT2D eigenvalue weighted by molar-refractivity contribution is 7.90. The van der Waals surface area contributed by atoms with Gasteiger partial charge >= 0.3 is 31.1 Å². The van der Waals surface area contributed by atoms with Crippen molar-refractivity contribution in [1.29, 1.82) is 0 Å². The summed E-state index contributed by atoms with van der Waals surface area (Å²) in [5.41, 5.74) is 0. The van der Waals surface area contributed by atoms with Crippen molar-refractivity contribution in [1.82, 2.24) is 4.31 Å². The minimum atomic E-state index is -6.94. The van der Waals surface area contributed by atoms with E-state index < -0.39 is 71.1 Å². The van der Waals surface area contributed by atoms with Crippen LogP contribution < -0.4 is 0 Å². The van der Waals surface area contributed by atoms with Crippen molar-refractivity contribution in [2.75, 3.05) is 19.3 Å². The fourth-order valence-electron chi connectivity index (χ4n) is 1.56. The number of alkyl halides is 8. The van der Waals surface area contributed by atoms with Crippen LogP contribution in [0.3, 0.4) is 0 Å². The lowest BCUT2D eigenvalue weighted by atomic mass is 10.2. The molecule has 0 rings (SSSR count). The van der Waals surface area contributed by atoms with Crippen LogP contribution in [0.2, 0.25) is 0 Å². The van der Waals surface area contributed by atoms with Gasteiger partial charge in [-0.2, -0.15) is 30.6 Å². The molecule has 0 saturated carbocycles. The van der Waals surface area contributed by atoms with Crippen LogP contribution in [0.5, 0.6) is 0 Å². The highest BCUT2D eigenvalue weighted by atomic mass is 32.2. The normalized spacial score (nSPS) is 15.2. The summed E-state index contributed by atoms with van der Waals surface area (Å²) in [6.45, 7) is -1.25. The summed E-state index contributed by atoms with van der Waals surface area (Å²) in [5, 5.41) is -6.60. The quantitative estimate of drug-likeness (QED) is 0.409. The minimum Gasteiger partial charge on any atom is -0.324 e. The molecule has 0 radical (unpaired) electrons. The van der Waals surface area contributed by atoms with E-state index in [9.17, 15) is 48.1 Å². The highest BCUT2D eigenvalue weighted by Crippen LogP contribution is 2.51. The van der Waals surface area contributed by atoms with Crippen molar-refractivity contribution < 1.29 is 57.9 Å². The Morgan fingerprint density at radius 1 is 1.08 bits per heavy atom. The third-order valence-corrected chi connectivity index (χ3v) is 5.86. The molecule has 6 nitrogen and oxygen atoms in total. The van der Waals surface area contributed by atoms with E-state index in [4.69, 9.17) is 9.79 Å². The van der Waals surface area contributed by atoms with E-state index in [2.05, 4.69) is 0 Å². The Labute approximate surface area is 137 Å². The molecule has 0 atom stereocenters. The first-order chi connectivity index (χ1) is 10.9. The molecule has 0 aromatic heterocycles. The monoisotopic (exact) mass is 431 g/mol. The number of hydrogen-bond donors (Lipinski definition) is 2. The topological polar surface area (TPSA) is 94.9 Å². The molecule has 0 unspecified atom stereocenters. The summed E-state index contributed by atoms with van der Waals surface area (Å²) in [7, 11) is -11.2. The van der Waals surface area contributed by atoms with Crippen LogP contribution >= 0.6 is 7.60 Å². The largest absolute Gasteiger partial charge is 0.427 e. The molecule has 2 N–H and O–H groups in total. The summed E-state index contributed by atoms with van der Waals surface area (Å²) in [6, 6.07) is 0. The van der Waals surface area contributed by atoms with Crippen LogP contribution in [0.25, 0.3) is 0 Å². The molecule has 0 aliphatic rings. The molecule has 0 spiro atoms. The average molecular weight is 431 g/mol. The van der Waals surface area contributed by atoms with Gasteiger partial charge in [0.25, 0.3) is 10.0 Å². The maximum Gasteiger partial charge on any atom is 0.427 e. The second kappa shape index (κ2) is 7.62. The third-order valence-electron chi connectivity index (χ3n) is 2.93. The molecule has 0 bridgehead atoms. The second-order valence-electron chi connectivity index (χ2n) is 4.75. The van der Waals surface area contributed by atoms with Crippen LogP contribution in [0.15, 0.2) is 0 Å². The first-order valence-electron chi connectivity index (χ1n) is 6.32. The molecule has 0 aromatic carbocycles. The van der Waals surface area contributed by atoms with E-state index in [1.165, 1.54) is 0 Å². The molecule has 16 heteroatoms. The summed E-state index contributed by atoms with van der Waals surface area (Å²) in [4.78, 5) is 17.1. The third kappa shape index (κ3) is 4.81. The van der Waals surface area contributed by atoms with Gasteiger partial charge in [-0.05, 0) is 6.42 Å². The van der Waals surface area contributed by atoms with E-state index in [1.807, 2.05) is 0 Å². The van der Waals surface area contributed by atoms with Gasteiger partial charge in [-0.3, -0.25) is 4.57 Å². The van der Waals surface area contributed by atoms with E-state index in [-0.39, 0.29) is 0 Å².